The van der Waals surface area contributed by atoms with Crippen LogP contribution in [-0.4, -0.2) is 13.4 Å². The molecule has 0 atom stereocenters. The molecule has 0 spiro atoms. The Balaban J connectivity index is 2.31. The van der Waals surface area contributed by atoms with Gasteiger partial charge in [-0.3, -0.25) is 4.98 Å². The van der Waals surface area contributed by atoms with Gasteiger partial charge in [-0.1, -0.05) is 12.1 Å². The number of sulfone groups is 1. The van der Waals surface area contributed by atoms with Crippen molar-refractivity contribution in [1.82, 2.24) is 4.98 Å². The molecular formula is C13H10FNO2S. The molecular weight excluding hydrogens is 253 g/mol. The average Bonchev–Trinajstić information content (AvgIpc) is 2.38. The summed E-state index contributed by atoms with van der Waals surface area (Å²) in [5.41, 5.74) is 0.664. The Bertz CT molecular complexity index is 666. The standard InChI is InChI=1S/C13H10FNO2S/c14-12-4-1-5-13(9-12)18(16,17)8-6-11-3-2-7-15-10-11/h1-10H/b8-6-. The van der Waals surface area contributed by atoms with Crippen molar-refractivity contribution in [2.45, 2.75) is 4.90 Å². The molecule has 0 aliphatic carbocycles. The Morgan fingerprint density at radius 3 is 2.67 bits per heavy atom. The van der Waals surface area contributed by atoms with Crippen LogP contribution in [0.25, 0.3) is 6.08 Å². The van der Waals surface area contributed by atoms with E-state index in [1.165, 1.54) is 30.5 Å². The first kappa shape index (κ1) is 12.4. The van der Waals surface area contributed by atoms with Crippen LogP contribution in [0.15, 0.2) is 59.1 Å². The van der Waals surface area contributed by atoms with Crippen LogP contribution in [0.2, 0.25) is 0 Å². The SMILES string of the molecule is O=S(=O)(/C=C\c1cccnc1)c1cccc(F)c1. The molecule has 0 unspecified atom stereocenters. The summed E-state index contributed by atoms with van der Waals surface area (Å²) < 4.78 is 36.7. The van der Waals surface area contributed by atoms with E-state index in [2.05, 4.69) is 4.98 Å². The van der Waals surface area contributed by atoms with Gasteiger partial charge in [0.1, 0.15) is 5.82 Å². The Kier molecular flexibility index (Phi) is 3.53. The quantitative estimate of drug-likeness (QED) is 0.855. The zero-order chi connectivity index (χ0) is 13.0. The van der Waals surface area contributed by atoms with Gasteiger partial charge in [-0.2, -0.15) is 0 Å². The summed E-state index contributed by atoms with van der Waals surface area (Å²) in [6.45, 7) is 0. The monoisotopic (exact) mass is 263 g/mol. The number of hydrogen-bond acceptors (Lipinski definition) is 3. The molecule has 0 aliphatic heterocycles. The van der Waals surface area contributed by atoms with Crippen molar-refractivity contribution < 1.29 is 12.8 Å². The molecule has 0 fully saturated rings. The molecule has 0 amide bonds. The lowest BCUT2D eigenvalue weighted by Crippen LogP contribution is -1.96. The largest absolute Gasteiger partial charge is 0.264 e. The van der Waals surface area contributed by atoms with Crippen molar-refractivity contribution in [3.8, 4) is 0 Å². The van der Waals surface area contributed by atoms with E-state index in [4.69, 9.17) is 0 Å². The molecule has 0 radical (unpaired) electrons. The fraction of sp³-hybridized carbons (Fsp3) is 0. The van der Waals surface area contributed by atoms with E-state index in [0.717, 1.165) is 11.5 Å². The molecule has 0 N–H and O–H groups in total. The third-order valence-corrected chi connectivity index (χ3v) is 3.65. The molecule has 2 rings (SSSR count). The first-order valence-corrected chi connectivity index (χ1v) is 6.71. The number of halogens is 1. The number of benzene rings is 1. The Morgan fingerprint density at radius 2 is 2.00 bits per heavy atom. The Morgan fingerprint density at radius 1 is 1.17 bits per heavy atom. The van der Waals surface area contributed by atoms with Gasteiger partial charge >= 0.3 is 0 Å². The highest BCUT2D eigenvalue weighted by atomic mass is 32.2. The van der Waals surface area contributed by atoms with Gasteiger partial charge in [-0.15, -0.1) is 0 Å². The second-order valence-electron chi connectivity index (χ2n) is 3.59. The highest BCUT2D eigenvalue weighted by molar-refractivity contribution is 7.94. The van der Waals surface area contributed by atoms with Crippen LogP contribution < -0.4 is 0 Å². The summed E-state index contributed by atoms with van der Waals surface area (Å²) in [6.07, 6.45) is 4.56. The molecule has 18 heavy (non-hydrogen) atoms. The number of pyridine rings is 1. The van der Waals surface area contributed by atoms with Crippen LogP contribution in [-0.2, 0) is 9.84 Å². The molecule has 1 aromatic heterocycles. The fourth-order valence-electron chi connectivity index (χ4n) is 1.37. The van der Waals surface area contributed by atoms with E-state index in [0.29, 0.717) is 5.56 Å². The van der Waals surface area contributed by atoms with E-state index >= 15 is 0 Å². The van der Waals surface area contributed by atoms with Crippen molar-refractivity contribution >= 4 is 15.9 Å². The van der Waals surface area contributed by atoms with Gasteiger partial charge in [-0.05, 0) is 35.9 Å². The summed E-state index contributed by atoms with van der Waals surface area (Å²) in [5, 5.41) is 1.04. The highest BCUT2D eigenvalue weighted by Crippen LogP contribution is 2.14. The highest BCUT2D eigenvalue weighted by Gasteiger charge is 2.10. The molecule has 0 saturated heterocycles. The predicted molar refractivity (Wildman–Crippen MR) is 66.9 cm³/mol. The molecule has 1 heterocycles. The first-order chi connectivity index (χ1) is 8.58. The lowest BCUT2D eigenvalue weighted by atomic mass is 10.3. The van der Waals surface area contributed by atoms with Gasteiger partial charge in [0.05, 0.1) is 4.90 Å². The minimum Gasteiger partial charge on any atom is -0.264 e. The van der Waals surface area contributed by atoms with Crippen molar-refractivity contribution in [3.05, 3.63) is 65.6 Å². The fourth-order valence-corrected chi connectivity index (χ4v) is 2.40. The second-order valence-corrected chi connectivity index (χ2v) is 5.43. The van der Waals surface area contributed by atoms with Crippen molar-refractivity contribution in [1.29, 1.82) is 0 Å². The van der Waals surface area contributed by atoms with Crippen molar-refractivity contribution in [3.63, 3.8) is 0 Å². The summed E-state index contributed by atoms with van der Waals surface area (Å²) in [5.74, 6) is -0.578. The number of nitrogens with zero attached hydrogens (tertiary/aromatic N) is 1. The van der Waals surface area contributed by atoms with E-state index in [1.54, 1.807) is 18.3 Å². The second kappa shape index (κ2) is 5.10. The summed E-state index contributed by atoms with van der Waals surface area (Å²) in [6, 6.07) is 8.33. The molecule has 92 valence electrons. The number of rotatable bonds is 3. The maximum Gasteiger partial charge on any atom is 0.199 e. The van der Waals surface area contributed by atoms with Gasteiger partial charge in [-0.25, -0.2) is 12.8 Å². The van der Waals surface area contributed by atoms with Crippen LogP contribution in [0.4, 0.5) is 4.39 Å². The summed E-state index contributed by atoms with van der Waals surface area (Å²) in [4.78, 5) is 3.80. The topological polar surface area (TPSA) is 47.0 Å². The minimum absolute atomic E-state index is 0.0670. The van der Waals surface area contributed by atoms with Gasteiger partial charge in [0.15, 0.2) is 9.84 Å². The molecule has 5 heteroatoms. The van der Waals surface area contributed by atoms with Gasteiger partial charge in [0.25, 0.3) is 0 Å². The Labute approximate surface area is 105 Å². The van der Waals surface area contributed by atoms with E-state index in [9.17, 15) is 12.8 Å². The van der Waals surface area contributed by atoms with Crippen LogP contribution >= 0.6 is 0 Å². The summed E-state index contributed by atoms with van der Waals surface area (Å²) >= 11 is 0. The third-order valence-electron chi connectivity index (χ3n) is 2.25. The Hall–Kier alpha value is -2.01. The van der Waals surface area contributed by atoms with Gasteiger partial charge < -0.3 is 0 Å². The molecule has 0 saturated carbocycles. The van der Waals surface area contributed by atoms with E-state index in [-0.39, 0.29) is 4.90 Å². The first-order valence-electron chi connectivity index (χ1n) is 5.17. The molecule has 0 aliphatic rings. The zero-order valence-electron chi connectivity index (χ0n) is 9.32. The zero-order valence-corrected chi connectivity index (χ0v) is 10.1. The van der Waals surface area contributed by atoms with E-state index in [1.807, 2.05) is 0 Å². The van der Waals surface area contributed by atoms with Crippen molar-refractivity contribution in [2.75, 3.05) is 0 Å². The number of aromatic nitrogens is 1. The normalized spacial score (nSPS) is 11.8. The van der Waals surface area contributed by atoms with Crippen LogP contribution in [0.1, 0.15) is 5.56 Å². The van der Waals surface area contributed by atoms with Crippen LogP contribution in [0.5, 0.6) is 0 Å². The average molecular weight is 263 g/mol. The maximum atomic E-state index is 13.0. The predicted octanol–water partition coefficient (Wildman–Crippen LogP) is 2.67. The molecule has 0 bridgehead atoms. The van der Waals surface area contributed by atoms with Gasteiger partial charge in [0.2, 0.25) is 0 Å². The molecule has 1 aromatic carbocycles. The lowest BCUT2D eigenvalue weighted by Gasteiger charge is -1.98. The van der Waals surface area contributed by atoms with Crippen molar-refractivity contribution in [2.24, 2.45) is 0 Å². The molecule has 2 aromatic rings. The maximum absolute atomic E-state index is 13.0. The van der Waals surface area contributed by atoms with Gasteiger partial charge in [0, 0.05) is 17.8 Å². The third kappa shape index (κ3) is 3.01. The molecule has 3 nitrogen and oxygen atoms in total. The smallest absolute Gasteiger partial charge is 0.199 e. The minimum atomic E-state index is -3.63. The lowest BCUT2D eigenvalue weighted by molar-refractivity contribution is 0.598. The summed E-state index contributed by atoms with van der Waals surface area (Å²) in [7, 11) is -3.63. The number of hydrogen-bond donors (Lipinski definition) is 0. The van der Waals surface area contributed by atoms with E-state index < -0.39 is 15.7 Å². The van der Waals surface area contributed by atoms with Crippen LogP contribution in [0.3, 0.4) is 0 Å². The van der Waals surface area contributed by atoms with Crippen LogP contribution in [0, 0.1) is 5.82 Å².